The molecule has 3 fully saturated rings. The largest absolute Gasteiger partial charge is 0.476 e. The van der Waals surface area contributed by atoms with E-state index in [9.17, 15) is 4.79 Å². The first-order valence-electron chi connectivity index (χ1n) is 11.3. The van der Waals surface area contributed by atoms with Gasteiger partial charge in [-0.05, 0) is 49.1 Å². The Morgan fingerprint density at radius 1 is 1.12 bits per heavy atom. The summed E-state index contributed by atoms with van der Waals surface area (Å²) in [4.78, 5) is 26.4. The van der Waals surface area contributed by atoms with Crippen LogP contribution in [0.25, 0.3) is 5.52 Å². The number of pyridine rings is 1. The molecule has 166 valence electrons. The van der Waals surface area contributed by atoms with E-state index in [4.69, 9.17) is 10.00 Å². The lowest BCUT2D eigenvalue weighted by Crippen LogP contribution is -2.50. The third-order valence-electron chi connectivity index (χ3n) is 7.33. The van der Waals surface area contributed by atoms with Crippen molar-refractivity contribution < 1.29 is 9.53 Å². The highest BCUT2D eigenvalue weighted by atomic mass is 16.5. The van der Waals surface area contributed by atoms with Gasteiger partial charge in [0.05, 0.1) is 30.7 Å². The van der Waals surface area contributed by atoms with E-state index in [0.29, 0.717) is 36.7 Å². The van der Waals surface area contributed by atoms with Gasteiger partial charge < -0.3 is 9.14 Å². The van der Waals surface area contributed by atoms with E-state index in [1.165, 1.54) is 12.4 Å². The lowest BCUT2D eigenvalue weighted by atomic mass is 9.55. The fraction of sp³-hybridized carbons (Fsp3) is 0.417. The van der Waals surface area contributed by atoms with E-state index in [2.05, 4.69) is 20.1 Å². The molecule has 9 nitrogen and oxygen atoms in total. The zero-order valence-electron chi connectivity index (χ0n) is 18.0. The summed E-state index contributed by atoms with van der Waals surface area (Å²) in [6, 6.07) is 7.74. The summed E-state index contributed by atoms with van der Waals surface area (Å²) in [5, 5.41) is 15.0. The summed E-state index contributed by atoms with van der Waals surface area (Å²) in [7, 11) is 0. The van der Waals surface area contributed by atoms with Gasteiger partial charge in [-0.2, -0.15) is 10.4 Å². The van der Waals surface area contributed by atoms with Gasteiger partial charge in [-0.15, -0.1) is 0 Å². The van der Waals surface area contributed by atoms with E-state index in [1.54, 1.807) is 5.01 Å². The molecule has 3 aliphatic carbocycles. The van der Waals surface area contributed by atoms with Crippen LogP contribution >= 0.6 is 0 Å². The number of carbonyl (C=O) groups is 1. The third kappa shape index (κ3) is 3.42. The van der Waals surface area contributed by atoms with Crippen molar-refractivity contribution in [2.24, 2.45) is 28.8 Å². The van der Waals surface area contributed by atoms with Gasteiger partial charge in [0.25, 0.3) is 0 Å². The molecule has 3 saturated carbocycles. The maximum Gasteiger partial charge on any atom is 0.246 e. The molecule has 3 aromatic rings. The van der Waals surface area contributed by atoms with Crippen LogP contribution in [0.3, 0.4) is 0 Å². The average molecular weight is 441 g/mol. The molecule has 3 atom stereocenters. The number of aromatic nitrogens is 4. The van der Waals surface area contributed by atoms with E-state index in [-0.39, 0.29) is 23.6 Å². The van der Waals surface area contributed by atoms with Crippen LogP contribution in [-0.2, 0) is 4.79 Å². The SMILES string of the molecule is N#Cc1cnc(OC[C@@H]2C[C@H](C(=O)N3N=CCC3c3ncc4ccccn34)C3CC2C3)cn1. The van der Waals surface area contributed by atoms with Gasteiger partial charge in [-0.1, -0.05) is 6.07 Å². The molecular weight excluding hydrogens is 418 g/mol. The maximum atomic E-state index is 13.6. The summed E-state index contributed by atoms with van der Waals surface area (Å²) in [6.45, 7) is 0.499. The normalized spacial score (nSPS) is 27.8. The van der Waals surface area contributed by atoms with Crippen LogP contribution in [0.4, 0.5) is 0 Å². The van der Waals surface area contributed by atoms with Gasteiger partial charge in [0.15, 0.2) is 5.69 Å². The van der Waals surface area contributed by atoms with Crippen molar-refractivity contribution in [3.05, 3.63) is 54.5 Å². The van der Waals surface area contributed by atoms with Gasteiger partial charge in [-0.25, -0.2) is 20.0 Å². The van der Waals surface area contributed by atoms with E-state index in [0.717, 1.165) is 30.6 Å². The smallest absolute Gasteiger partial charge is 0.246 e. The van der Waals surface area contributed by atoms with Crippen LogP contribution in [0.5, 0.6) is 5.88 Å². The lowest BCUT2D eigenvalue weighted by Gasteiger charge is -2.51. The number of amides is 1. The molecule has 4 aliphatic rings. The van der Waals surface area contributed by atoms with E-state index < -0.39 is 0 Å². The minimum atomic E-state index is -0.177. The van der Waals surface area contributed by atoms with Crippen molar-refractivity contribution >= 4 is 17.6 Å². The predicted octanol–water partition coefficient (Wildman–Crippen LogP) is 3.00. The number of nitrogens with zero attached hydrogens (tertiary/aromatic N) is 7. The van der Waals surface area contributed by atoms with Crippen LogP contribution < -0.4 is 4.74 Å². The first kappa shape index (κ1) is 19.9. The number of hydrogen-bond acceptors (Lipinski definition) is 7. The molecule has 0 saturated heterocycles. The van der Waals surface area contributed by atoms with Gasteiger partial charge in [-0.3, -0.25) is 4.79 Å². The molecule has 0 radical (unpaired) electrons. The van der Waals surface area contributed by atoms with Crippen LogP contribution in [0.2, 0.25) is 0 Å². The van der Waals surface area contributed by atoms with E-state index >= 15 is 0 Å². The maximum absolute atomic E-state index is 13.6. The number of nitriles is 1. The molecule has 2 bridgehead atoms. The molecule has 0 N–H and O–H groups in total. The highest BCUT2D eigenvalue weighted by Gasteiger charge is 2.50. The van der Waals surface area contributed by atoms with Crippen molar-refractivity contribution in [3.8, 4) is 11.9 Å². The fourth-order valence-electron chi connectivity index (χ4n) is 5.50. The second kappa shape index (κ2) is 7.96. The fourth-order valence-corrected chi connectivity index (χ4v) is 5.50. The number of ether oxygens (including phenoxy) is 1. The molecule has 1 unspecified atom stereocenters. The molecule has 4 heterocycles. The Kier molecular flexibility index (Phi) is 4.79. The van der Waals surface area contributed by atoms with Gasteiger partial charge in [0.1, 0.15) is 17.9 Å². The number of rotatable bonds is 5. The van der Waals surface area contributed by atoms with Crippen molar-refractivity contribution in [1.29, 1.82) is 5.26 Å². The Hall–Kier alpha value is -3.80. The highest BCUT2D eigenvalue weighted by molar-refractivity contribution is 5.82. The topological polar surface area (TPSA) is 109 Å². The van der Waals surface area contributed by atoms with Crippen LogP contribution in [0, 0.1) is 35.0 Å². The van der Waals surface area contributed by atoms with Crippen molar-refractivity contribution in [3.63, 3.8) is 0 Å². The van der Waals surface area contributed by atoms with Gasteiger partial charge in [0, 0.05) is 24.8 Å². The predicted molar refractivity (Wildman–Crippen MR) is 118 cm³/mol. The summed E-state index contributed by atoms with van der Waals surface area (Å²) in [5.41, 5.74) is 1.27. The molecular formula is C24H23N7O2. The lowest BCUT2D eigenvalue weighted by molar-refractivity contribution is -0.148. The number of imidazole rings is 1. The summed E-state index contributed by atoms with van der Waals surface area (Å²) < 4.78 is 7.91. The second-order valence-corrected chi connectivity index (χ2v) is 9.10. The van der Waals surface area contributed by atoms with Gasteiger partial charge in [0.2, 0.25) is 11.8 Å². The average Bonchev–Trinajstić information content (AvgIpc) is 3.48. The Labute approximate surface area is 190 Å². The minimum Gasteiger partial charge on any atom is -0.476 e. The molecule has 1 aliphatic heterocycles. The summed E-state index contributed by atoms with van der Waals surface area (Å²) in [6.07, 6.45) is 12.1. The molecule has 0 spiro atoms. The zero-order valence-corrected chi connectivity index (χ0v) is 18.0. The quantitative estimate of drug-likeness (QED) is 0.602. The monoisotopic (exact) mass is 441 g/mol. The third-order valence-corrected chi connectivity index (χ3v) is 7.33. The number of carbonyl (C=O) groups excluding carboxylic acids is 1. The molecule has 9 heteroatoms. The van der Waals surface area contributed by atoms with E-state index in [1.807, 2.05) is 47.3 Å². The number of hydrogen-bond donors (Lipinski definition) is 0. The van der Waals surface area contributed by atoms with Crippen LogP contribution in [-0.4, -0.2) is 43.1 Å². The highest BCUT2D eigenvalue weighted by Crippen LogP contribution is 2.53. The van der Waals surface area contributed by atoms with Crippen LogP contribution in [0.15, 0.2) is 48.1 Å². The van der Waals surface area contributed by atoms with Gasteiger partial charge >= 0.3 is 0 Å². The summed E-state index contributed by atoms with van der Waals surface area (Å²) in [5.74, 6) is 2.58. The Balaban J connectivity index is 1.16. The zero-order chi connectivity index (χ0) is 22.4. The summed E-state index contributed by atoms with van der Waals surface area (Å²) >= 11 is 0. The van der Waals surface area contributed by atoms with Crippen LogP contribution in [0.1, 0.15) is 43.2 Å². The second-order valence-electron chi connectivity index (χ2n) is 9.10. The molecule has 0 aromatic carbocycles. The van der Waals surface area contributed by atoms with Crippen molar-refractivity contribution in [2.75, 3.05) is 6.61 Å². The first-order valence-corrected chi connectivity index (χ1v) is 11.3. The molecule has 33 heavy (non-hydrogen) atoms. The molecule has 7 rings (SSSR count). The minimum absolute atomic E-state index is 0.0559. The standard InChI is InChI=1S/C24H23N7O2/c25-10-18-11-27-22(13-26-18)33-14-17-9-20(16-7-15(17)8-16)24(32)31-21(4-5-29-31)23-28-12-19-3-1-2-6-30(19)23/h1-3,5-6,11-13,15-17,20-21H,4,7-9,14H2/t15?,16?,17-,20-,21?/m0/s1. The number of hydrazone groups is 1. The Morgan fingerprint density at radius 3 is 2.85 bits per heavy atom. The Morgan fingerprint density at radius 2 is 2.03 bits per heavy atom. The first-order chi connectivity index (χ1) is 16.2. The van der Waals surface area contributed by atoms with Crippen molar-refractivity contribution in [1.82, 2.24) is 24.4 Å². The van der Waals surface area contributed by atoms with Crippen molar-refractivity contribution in [2.45, 2.75) is 31.7 Å². The molecule has 1 amide bonds. The number of fused-ring (bicyclic) bond motifs is 3. The Bertz CT molecular complexity index is 1260. The molecule has 3 aromatic heterocycles.